The van der Waals surface area contributed by atoms with Gasteiger partial charge in [-0.25, -0.2) is 0 Å². The molecule has 0 amide bonds. The lowest BCUT2D eigenvalue weighted by atomic mass is 9.93. The fraction of sp³-hybridized carbons (Fsp3) is 0.619. The van der Waals surface area contributed by atoms with Gasteiger partial charge in [-0.05, 0) is 48.3 Å². The van der Waals surface area contributed by atoms with Crippen molar-refractivity contribution in [2.24, 2.45) is 17.8 Å². The van der Waals surface area contributed by atoms with Crippen LogP contribution in [0.2, 0.25) is 0 Å². The number of ether oxygens (including phenoxy) is 2. The molecule has 1 heterocycles. The van der Waals surface area contributed by atoms with Crippen molar-refractivity contribution in [3.63, 3.8) is 0 Å². The summed E-state index contributed by atoms with van der Waals surface area (Å²) in [4.78, 5) is 5.12. The molecule has 1 saturated heterocycles. The molecule has 0 spiro atoms. The lowest BCUT2D eigenvalue weighted by molar-refractivity contribution is 0.108. The minimum atomic E-state index is 0.0727. The van der Waals surface area contributed by atoms with Crippen molar-refractivity contribution >= 4 is 0 Å². The maximum Gasteiger partial charge on any atom is 0.200 e. The van der Waals surface area contributed by atoms with E-state index in [0.29, 0.717) is 11.5 Å². The van der Waals surface area contributed by atoms with Gasteiger partial charge in [-0.3, -0.25) is 4.90 Å². The predicted octanol–water partition coefficient (Wildman–Crippen LogP) is 2.74. The Bertz CT molecular complexity index is 642. The normalized spacial score (nSPS) is 28.6. The second-order valence-electron chi connectivity index (χ2n) is 7.97. The molecule has 5 heteroatoms. The lowest BCUT2D eigenvalue weighted by Crippen LogP contribution is -2.47. The molecule has 2 bridgehead atoms. The molecular weight excluding hydrogens is 328 g/mol. The molecule has 1 aromatic carbocycles. The third-order valence-corrected chi connectivity index (χ3v) is 6.32. The minimum absolute atomic E-state index is 0.0727. The molecule has 1 saturated carbocycles. The summed E-state index contributed by atoms with van der Waals surface area (Å²) in [5.41, 5.74) is 1.11. The third kappa shape index (κ3) is 3.55. The molecule has 1 N–H and O–H groups in total. The van der Waals surface area contributed by atoms with E-state index in [-0.39, 0.29) is 5.75 Å². The maximum absolute atomic E-state index is 10.1. The second-order valence-corrected chi connectivity index (χ2v) is 7.97. The van der Waals surface area contributed by atoms with Crippen LogP contribution in [0.4, 0.5) is 0 Å². The van der Waals surface area contributed by atoms with Gasteiger partial charge < -0.3 is 19.5 Å². The highest BCUT2D eigenvalue weighted by Crippen LogP contribution is 2.43. The average Bonchev–Trinajstić information content (AvgIpc) is 3.27. The molecule has 1 aliphatic heterocycles. The Morgan fingerprint density at radius 2 is 1.62 bits per heavy atom. The number of phenolic OH excluding ortho intramolecular Hbond substituents is 1. The van der Waals surface area contributed by atoms with Crippen molar-refractivity contribution in [2.75, 3.05) is 46.9 Å². The standard InChI is InChI=1S/C21H30N2O3/c1-25-19-11-16(12-20(26-2)21(19)24)13-22-5-7-23(8-6-22)14-18-10-15-3-4-17(18)9-15/h3-4,11-12,15,17-18,24H,5-10,13-14H2,1-2H3/t15-,17-,18-/m1/s1. The molecule has 1 aromatic rings. The first-order valence-electron chi connectivity index (χ1n) is 9.73. The maximum atomic E-state index is 10.1. The van der Waals surface area contributed by atoms with E-state index >= 15 is 0 Å². The van der Waals surface area contributed by atoms with Gasteiger partial charge in [0.25, 0.3) is 0 Å². The monoisotopic (exact) mass is 358 g/mol. The van der Waals surface area contributed by atoms with Gasteiger partial charge in [0.15, 0.2) is 11.5 Å². The highest BCUT2D eigenvalue weighted by Gasteiger charge is 2.36. The van der Waals surface area contributed by atoms with Crippen LogP contribution in [0.5, 0.6) is 17.2 Å². The number of rotatable bonds is 6. The summed E-state index contributed by atoms with van der Waals surface area (Å²) in [6.45, 7) is 6.58. The van der Waals surface area contributed by atoms with Crippen LogP contribution in [0.15, 0.2) is 24.3 Å². The molecule has 3 atom stereocenters. The molecule has 142 valence electrons. The number of methoxy groups -OCH3 is 2. The summed E-state index contributed by atoms with van der Waals surface area (Å²) in [7, 11) is 3.14. The van der Waals surface area contributed by atoms with Crippen molar-refractivity contribution < 1.29 is 14.6 Å². The largest absolute Gasteiger partial charge is 0.502 e. The molecule has 5 nitrogen and oxygen atoms in total. The van der Waals surface area contributed by atoms with Crippen LogP contribution in [-0.2, 0) is 6.54 Å². The molecule has 4 rings (SSSR count). The number of hydrogen-bond acceptors (Lipinski definition) is 5. The van der Waals surface area contributed by atoms with Gasteiger partial charge >= 0.3 is 0 Å². The number of fused-ring (bicyclic) bond motifs is 2. The van der Waals surface area contributed by atoms with E-state index < -0.39 is 0 Å². The number of piperazine rings is 1. The van der Waals surface area contributed by atoms with Gasteiger partial charge in [0.05, 0.1) is 14.2 Å². The molecule has 3 aliphatic rings. The summed E-state index contributed by atoms with van der Waals surface area (Å²) in [5, 5.41) is 10.1. The van der Waals surface area contributed by atoms with Gasteiger partial charge in [-0.15, -0.1) is 0 Å². The van der Waals surface area contributed by atoms with E-state index in [1.165, 1.54) is 19.4 Å². The van der Waals surface area contributed by atoms with E-state index in [1.807, 2.05) is 12.1 Å². The third-order valence-electron chi connectivity index (χ3n) is 6.32. The summed E-state index contributed by atoms with van der Waals surface area (Å²) in [6, 6.07) is 3.82. The Labute approximate surface area is 156 Å². The summed E-state index contributed by atoms with van der Waals surface area (Å²) >= 11 is 0. The van der Waals surface area contributed by atoms with E-state index in [9.17, 15) is 5.11 Å². The first-order chi connectivity index (χ1) is 12.7. The molecule has 0 unspecified atom stereocenters. The number of hydrogen-bond donors (Lipinski definition) is 1. The Balaban J connectivity index is 1.30. The van der Waals surface area contributed by atoms with Crippen LogP contribution < -0.4 is 9.47 Å². The smallest absolute Gasteiger partial charge is 0.200 e. The number of benzene rings is 1. The minimum Gasteiger partial charge on any atom is -0.502 e. The first-order valence-corrected chi connectivity index (χ1v) is 9.73. The highest BCUT2D eigenvalue weighted by atomic mass is 16.5. The highest BCUT2D eigenvalue weighted by molar-refractivity contribution is 5.52. The van der Waals surface area contributed by atoms with E-state index in [1.54, 1.807) is 14.2 Å². The quantitative estimate of drug-likeness (QED) is 0.792. The number of aromatic hydroxyl groups is 1. The second kappa shape index (κ2) is 7.49. The summed E-state index contributed by atoms with van der Waals surface area (Å²) in [6.07, 6.45) is 7.68. The zero-order chi connectivity index (χ0) is 18.1. The van der Waals surface area contributed by atoms with Gasteiger partial charge in [0.2, 0.25) is 5.75 Å². The van der Waals surface area contributed by atoms with Crippen LogP contribution in [0, 0.1) is 17.8 Å². The van der Waals surface area contributed by atoms with Crippen LogP contribution in [0.3, 0.4) is 0 Å². The van der Waals surface area contributed by atoms with Crippen molar-refractivity contribution in [1.29, 1.82) is 0 Å². The molecular formula is C21H30N2O3. The van der Waals surface area contributed by atoms with Crippen molar-refractivity contribution in [3.8, 4) is 17.2 Å². The first kappa shape index (κ1) is 17.7. The fourth-order valence-electron chi connectivity index (χ4n) is 4.86. The van der Waals surface area contributed by atoms with E-state index in [4.69, 9.17) is 9.47 Å². The topological polar surface area (TPSA) is 45.2 Å². The molecule has 2 aliphatic carbocycles. The Kier molecular flexibility index (Phi) is 5.09. The van der Waals surface area contributed by atoms with Crippen LogP contribution in [0.1, 0.15) is 18.4 Å². The van der Waals surface area contributed by atoms with Gasteiger partial charge in [-0.1, -0.05) is 12.2 Å². The van der Waals surface area contributed by atoms with Crippen LogP contribution in [0.25, 0.3) is 0 Å². The SMILES string of the molecule is COc1cc(CN2CCN(C[C@H]3C[C@@H]4C=C[C@@H]3C4)CC2)cc(OC)c1O. The van der Waals surface area contributed by atoms with Gasteiger partial charge in [-0.2, -0.15) is 0 Å². The van der Waals surface area contributed by atoms with Gasteiger partial charge in [0.1, 0.15) is 0 Å². The van der Waals surface area contributed by atoms with Crippen molar-refractivity contribution in [3.05, 3.63) is 29.8 Å². The van der Waals surface area contributed by atoms with E-state index in [2.05, 4.69) is 22.0 Å². The Hall–Kier alpha value is -1.72. The average molecular weight is 358 g/mol. The molecule has 2 fully saturated rings. The predicted molar refractivity (Wildman–Crippen MR) is 102 cm³/mol. The van der Waals surface area contributed by atoms with Crippen LogP contribution in [-0.4, -0.2) is 61.8 Å². The van der Waals surface area contributed by atoms with Crippen molar-refractivity contribution in [2.45, 2.75) is 19.4 Å². The Morgan fingerprint density at radius 1 is 0.962 bits per heavy atom. The summed E-state index contributed by atoms with van der Waals surface area (Å²) in [5.74, 6) is 3.61. The zero-order valence-electron chi connectivity index (χ0n) is 15.9. The number of allylic oxidation sites excluding steroid dienone is 2. The molecule has 0 radical (unpaired) electrons. The fourth-order valence-corrected chi connectivity index (χ4v) is 4.86. The van der Waals surface area contributed by atoms with E-state index in [0.717, 1.165) is 56.0 Å². The molecule has 0 aromatic heterocycles. The Morgan fingerprint density at radius 3 is 2.15 bits per heavy atom. The lowest BCUT2D eigenvalue weighted by Gasteiger charge is -2.37. The number of phenols is 1. The van der Waals surface area contributed by atoms with Crippen molar-refractivity contribution in [1.82, 2.24) is 9.80 Å². The molecule has 26 heavy (non-hydrogen) atoms. The van der Waals surface area contributed by atoms with Gasteiger partial charge in [0, 0.05) is 39.3 Å². The number of nitrogens with zero attached hydrogens (tertiary/aromatic N) is 2. The van der Waals surface area contributed by atoms with Crippen LogP contribution >= 0.6 is 0 Å². The zero-order valence-corrected chi connectivity index (χ0v) is 15.9. The summed E-state index contributed by atoms with van der Waals surface area (Å²) < 4.78 is 10.5.